The van der Waals surface area contributed by atoms with Crippen LogP contribution >= 0.6 is 12.4 Å². The molecular formula is C22H25ClN4O2. The molecule has 1 aliphatic heterocycles. The Morgan fingerprint density at radius 3 is 2.69 bits per heavy atom. The predicted molar refractivity (Wildman–Crippen MR) is 116 cm³/mol. The summed E-state index contributed by atoms with van der Waals surface area (Å²) in [6.45, 7) is 5.95. The Hall–Kier alpha value is -2.70. The van der Waals surface area contributed by atoms with Gasteiger partial charge in [-0.3, -0.25) is 14.0 Å². The molecule has 1 saturated heterocycles. The van der Waals surface area contributed by atoms with E-state index in [9.17, 15) is 9.59 Å². The molecule has 0 aliphatic carbocycles. The van der Waals surface area contributed by atoms with Gasteiger partial charge in [-0.15, -0.1) is 12.4 Å². The number of nitrogens with one attached hydrogen (secondary N) is 1. The molecule has 1 fully saturated rings. The van der Waals surface area contributed by atoms with Crippen LogP contribution < -0.4 is 10.9 Å². The first kappa shape index (κ1) is 21.0. The van der Waals surface area contributed by atoms with Crippen LogP contribution in [0.4, 0.5) is 0 Å². The van der Waals surface area contributed by atoms with Crippen LogP contribution in [0.3, 0.4) is 0 Å². The number of aryl methyl sites for hydroxylation is 2. The Labute approximate surface area is 176 Å². The first-order valence-electron chi connectivity index (χ1n) is 9.67. The Morgan fingerprint density at radius 2 is 1.97 bits per heavy atom. The molecule has 1 aromatic carbocycles. The topological polar surface area (TPSA) is 66.7 Å². The van der Waals surface area contributed by atoms with Gasteiger partial charge in [0.25, 0.3) is 11.5 Å². The largest absolute Gasteiger partial charge is 0.329 e. The average molecular weight is 413 g/mol. The fraction of sp³-hybridized carbons (Fsp3) is 0.318. The Balaban J connectivity index is 0.00000240. The molecule has 0 saturated carbocycles. The van der Waals surface area contributed by atoms with Gasteiger partial charge < -0.3 is 10.2 Å². The number of rotatable bonds is 3. The van der Waals surface area contributed by atoms with E-state index in [1.807, 2.05) is 13.0 Å². The van der Waals surface area contributed by atoms with Crippen LogP contribution in [0.25, 0.3) is 5.65 Å². The lowest BCUT2D eigenvalue weighted by Gasteiger charge is -2.36. The van der Waals surface area contributed by atoms with Crippen molar-refractivity contribution >= 4 is 24.0 Å². The summed E-state index contributed by atoms with van der Waals surface area (Å²) in [5, 5.41) is 3.36. The number of carbonyl (C=O) groups is 1. The van der Waals surface area contributed by atoms with Gasteiger partial charge in [0.15, 0.2) is 0 Å². The minimum atomic E-state index is -0.322. The maximum absolute atomic E-state index is 13.3. The van der Waals surface area contributed by atoms with Crippen LogP contribution in [0.15, 0.2) is 53.6 Å². The third-order valence-electron chi connectivity index (χ3n) is 5.36. The maximum atomic E-state index is 13.3. The van der Waals surface area contributed by atoms with E-state index in [1.54, 1.807) is 17.2 Å². The molecule has 6 nitrogen and oxygen atoms in total. The number of amides is 1. The van der Waals surface area contributed by atoms with E-state index in [0.29, 0.717) is 25.3 Å². The fourth-order valence-corrected chi connectivity index (χ4v) is 3.70. The lowest BCUT2D eigenvalue weighted by atomic mass is 10.0. The predicted octanol–water partition coefficient (Wildman–Crippen LogP) is 2.77. The zero-order valence-corrected chi connectivity index (χ0v) is 17.4. The molecule has 152 valence electrons. The molecule has 0 spiro atoms. The van der Waals surface area contributed by atoms with Crippen LogP contribution in [0.1, 0.15) is 40.0 Å². The minimum absolute atomic E-state index is 0. The fourth-order valence-electron chi connectivity index (χ4n) is 3.70. The van der Waals surface area contributed by atoms with Crippen LogP contribution in [0.2, 0.25) is 0 Å². The highest BCUT2D eigenvalue weighted by Crippen LogP contribution is 2.24. The number of halogens is 1. The first-order chi connectivity index (χ1) is 13.6. The summed E-state index contributed by atoms with van der Waals surface area (Å²) in [5.41, 5.74) is 3.61. The van der Waals surface area contributed by atoms with Gasteiger partial charge in [0, 0.05) is 32.0 Å². The number of aromatic nitrogens is 2. The highest BCUT2D eigenvalue weighted by atomic mass is 35.5. The molecule has 1 amide bonds. The Kier molecular flexibility index (Phi) is 6.35. The maximum Gasteiger partial charge on any atom is 0.270 e. The lowest BCUT2D eigenvalue weighted by Crippen LogP contribution is -2.49. The molecule has 3 heterocycles. The highest BCUT2D eigenvalue weighted by molar-refractivity contribution is 5.94. The Morgan fingerprint density at radius 1 is 1.21 bits per heavy atom. The van der Waals surface area contributed by atoms with Crippen molar-refractivity contribution in [2.75, 3.05) is 19.6 Å². The van der Waals surface area contributed by atoms with E-state index in [0.717, 1.165) is 17.5 Å². The van der Waals surface area contributed by atoms with Gasteiger partial charge in [-0.2, -0.15) is 0 Å². The lowest BCUT2D eigenvalue weighted by molar-refractivity contribution is 0.0632. The van der Waals surface area contributed by atoms with Gasteiger partial charge in [0.05, 0.1) is 6.04 Å². The molecule has 3 aromatic rings. The molecule has 1 unspecified atom stereocenters. The number of carbonyl (C=O) groups excluding carboxylic acids is 1. The third-order valence-corrected chi connectivity index (χ3v) is 5.36. The monoisotopic (exact) mass is 412 g/mol. The number of fused-ring (bicyclic) bond motifs is 1. The number of hydrogen-bond donors (Lipinski definition) is 1. The highest BCUT2D eigenvalue weighted by Gasteiger charge is 2.30. The third kappa shape index (κ3) is 4.04. The second-order valence-electron chi connectivity index (χ2n) is 7.23. The van der Waals surface area contributed by atoms with Gasteiger partial charge in [0.2, 0.25) is 0 Å². The van der Waals surface area contributed by atoms with Crippen LogP contribution in [0.5, 0.6) is 0 Å². The van der Waals surface area contributed by atoms with E-state index in [4.69, 9.17) is 0 Å². The number of hydrogen-bond acceptors (Lipinski definition) is 4. The molecule has 7 heteroatoms. The molecule has 0 radical (unpaired) electrons. The van der Waals surface area contributed by atoms with Crippen LogP contribution in [0, 0.1) is 6.92 Å². The first-order valence-corrected chi connectivity index (χ1v) is 9.67. The van der Waals surface area contributed by atoms with E-state index >= 15 is 0 Å². The minimum Gasteiger partial charge on any atom is -0.329 e. The van der Waals surface area contributed by atoms with Crippen molar-refractivity contribution in [1.29, 1.82) is 0 Å². The van der Waals surface area contributed by atoms with Crippen molar-refractivity contribution < 1.29 is 4.79 Å². The van der Waals surface area contributed by atoms with Crippen molar-refractivity contribution in [3.8, 4) is 0 Å². The van der Waals surface area contributed by atoms with Crippen molar-refractivity contribution in [3.63, 3.8) is 0 Å². The summed E-state index contributed by atoms with van der Waals surface area (Å²) in [5.74, 6) is -0.264. The van der Waals surface area contributed by atoms with Crippen molar-refractivity contribution in [2.24, 2.45) is 0 Å². The molecule has 4 rings (SSSR count). The summed E-state index contributed by atoms with van der Waals surface area (Å²) in [6.07, 6.45) is 4.11. The van der Waals surface area contributed by atoms with Crippen molar-refractivity contribution in [2.45, 2.75) is 26.3 Å². The zero-order valence-electron chi connectivity index (χ0n) is 16.6. The summed E-state index contributed by atoms with van der Waals surface area (Å²) in [4.78, 5) is 32.4. The van der Waals surface area contributed by atoms with Gasteiger partial charge in [-0.25, -0.2) is 4.98 Å². The van der Waals surface area contributed by atoms with Crippen LogP contribution in [-0.2, 0) is 6.42 Å². The molecule has 1 aliphatic rings. The second kappa shape index (κ2) is 8.76. The number of nitrogens with zero attached hydrogens (tertiary/aromatic N) is 3. The van der Waals surface area contributed by atoms with Crippen molar-refractivity contribution in [1.82, 2.24) is 19.6 Å². The van der Waals surface area contributed by atoms with Gasteiger partial charge in [0.1, 0.15) is 11.2 Å². The van der Waals surface area contributed by atoms with Gasteiger partial charge >= 0.3 is 0 Å². The average Bonchev–Trinajstić information content (AvgIpc) is 2.74. The molecule has 1 atom stereocenters. The van der Waals surface area contributed by atoms with E-state index in [2.05, 4.69) is 41.5 Å². The molecule has 2 aromatic heterocycles. The SMILES string of the molecule is CCc1ccc(C2CNCCN2C(=O)c2cnc3ccc(C)cn3c2=O)cc1.Cl. The Bertz CT molecular complexity index is 1080. The smallest absolute Gasteiger partial charge is 0.270 e. The van der Waals surface area contributed by atoms with Crippen molar-refractivity contribution in [3.05, 3.63) is 81.4 Å². The molecule has 0 bridgehead atoms. The summed E-state index contributed by atoms with van der Waals surface area (Å²) in [6, 6.07) is 11.9. The summed E-state index contributed by atoms with van der Waals surface area (Å²) >= 11 is 0. The quantitative estimate of drug-likeness (QED) is 0.718. The number of piperazine rings is 1. The van der Waals surface area contributed by atoms with E-state index < -0.39 is 0 Å². The zero-order chi connectivity index (χ0) is 19.7. The summed E-state index contributed by atoms with van der Waals surface area (Å²) in [7, 11) is 0. The van der Waals surface area contributed by atoms with Gasteiger partial charge in [-0.1, -0.05) is 37.3 Å². The van der Waals surface area contributed by atoms with Gasteiger partial charge in [-0.05, 0) is 36.1 Å². The summed E-state index contributed by atoms with van der Waals surface area (Å²) < 4.78 is 1.45. The number of benzene rings is 1. The standard InChI is InChI=1S/C22H24N4O2.ClH/c1-3-16-5-7-17(8-6-16)19-13-23-10-11-25(19)21(27)18-12-24-20-9-4-15(2)14-26(20)22(18)28;/h4-9,12,14,19,23H,3,10-11,13H2,1-2H3;1H. The van der Waals surface area contributed by atoms with Crippen LogP contribution in [-0.4, -0.2) is 39.8 Å². The van der Waals surface area contributed by atoms with E-state index in [-0.39, 0.29) is 35.5 Å². The molecule has 1 N–H and O–H groups in total. The molecular weight excluding hydrogens is 388 g/mol. The number of pyridine rings is 1. The van der Waals surface area contributed by atoms with E-state index in [1.165, 1.54) is 16.2 Å². The normalized spacial score (nSPS) is 16.5. The molecule has 29 heavy (non-hydrogen) atoms. The second-order valence-corrected chi connectivity index (χ2v) is 7.23.